The van der Waals surface area contributed by atoms with Gasteiger partial charge in [0.05, 0.1) is 5.56 Å². The Hall–Kier alpha value is -2.16. The van der Waals surface area contributed by atoms with Gasteiger partial charge in [-0.1, -0.05) is 18.2 Å². The smallest absolute Gasteiger partial charge is 0.249 e. The van der Waals surface area contributed by atoms with Crippen LogP contribution >= 0.6 is 0 Å². The molecule has 1 aromatic heterocycles. The van der Waals surface area contributed by atoms with Gasteiger partial charge in [-0.25, -0.2) is 0 Å². The van der Waals surface area contributed by atoms with Crippen molar-refractivity contribution in [2.24, 2.45) is 5.73 Å². The van der Waals surface area contributed by atoms with Gasteiger partial charge >= 0.3 is 0 Å². The van der Waals surface area contributed by atoms with E-state index in [2.05, 4.69) is 0 Å². The van der Waals surface area contributed by atoms with Crippen LogP contribution in [0.15, 0.2) is 54.9 Å². The fourth-order valence-electron chi connectivity index (χ4n) is 1.36. The molecule has 0 atom stereocenters. The van der Waals surface area contributed by atoms with Crippen LogP contribution in [0.2, 0.25) is 0 Å². The lowest BCUT2D eigenvalue weighted by Gasteiger charge is -1.95. The summed E-state index contributed by atoms with van der Waals surface area (Å²) in [7, 11) is 0. The van der Waals surface area contributed by atoms with E-state index in [0.717, 1.165) is 5.69 Å². The summed E-state index contributed by atoms with van der Waals surface area (Å²) in [5, 5.41) is 0. The van der Waals surface area contributed by atoms with Gasteiger partial charge in [-0.15, -0.1) is 0 Å². The molecule has 15 heavy (non-hydrogen) atoms. The fourth-order valence-corrected chi connectivity index (χ4v) is 1.36. The van der Waals surface area contributed by atoms with Gasteiger partial charge in [0.15, 0.2) is 12.4 Å². The summed E-state index contributed by atoms with van der Waals surface area (Å²) in [6.45, 7) is 0. The molecule has 3 nitrogen and oxygen atoms in total. The van der Waals surface area contributed by atoms with Crippen molar-refractivity contribution < 1.29 is 9.36 Å². The third-order valence-electron chi connectivity index (χ3n) is 2.17. The Labute approximate surface area is 87.8 Å². The quantitative estimate of drug-likeness (QED) is 0.722. The molecule has 0 saturated carbocycles. The number of primary amides is 1. The van der Waals surface area contributed by atoms with Crippen molar-refractivity contribution in [3.63, 3.8) is 0 Å². The highest BCUT2D eigenvalue weighted by molar-refractivity contribution is 5.92. The Kier molecular flexibility index (Phi) is 2.46. The molecule has 0 aliphatic heterocycles. The first-order valence-corrected chi connectivity index (χ1v) is 4.64. The van der Waals surface area contributed by atoms with E-state index in [0.29, 0.717) is 5.56 Å². The minimum Gasteiger partial charge on any atom is -0.366 e. The summed E-state index contributed by atoms with van der Waals surface area (Å²) in [6, 6.07) is 13.3. The number of carbonyl (C=O) groups is 1. The zero-order valence-electron chi connectivity index (χ0n) is 8.13. The average molecular weight is 199 g/mol. The van der Waals surface area contributed by atoms with Crippen LogP contribution in [0.3, 0.4) is 0 Å². The number of hydrogen-bond donors (Lipinski definition) is 1. The molecule has 0 spiro atoms. The average Bonchev–Trinajstić information content (AvgIpc) is 2.30. The Balaban J connectivity index is 2.36. The van der Waals surface area contributed by atoms with Gasteiger partial charge in [0.2, 0.25) is 11.6 Å². The fraction of sp³-hybridized carbons (Fsp3) is 0. The monoisotopic (exact) mass is 199 g/mol. The van der Waals surface area contributed by atoms with Crippen LogP contribution in [0, 0.1) is 0 Å². The number of hydrogen-bond acceptors (Lipinski definition) is 1. The van der Waals surface area contributed by atoms with Crippen LogP contribution in [-0.2, 0) is 0 Å². The van der Waals surface area contributed by atoms with Gasteiger partial charge in [-0.05, 0) is 0 Å². The van der Waals surface area contributed by atoms with Crippen molar-refractivity contribution in [2.75, 3.05) is 0 Å². The Morgan fingerprint density at radius 1 is 1.00 bits per heavy atom. The number of amides is 1. The molecule has 1 amide bonds. The van der Waals surface area contributed by atoms with E-state index in [-0.39, 0.29) is 0 Å². The Morgan fingerprint density at radius 3 is 2.13 bits per heavy atom. The van der Waals surface area contributed by atoms with Crippen LogP contribution < -0.4 is 10.3 Å². The highest BCUT2D eigenvalue weighted by Crippen LogP contribution is 1.99. The first-order chi connectivity index (χ1) is 7.27. The summed E-state index contributed by atoms with van der Waals surface area (Å²) < 4.78 is 1.92. The van der Waals surface area contributed by atoms with E-state index in [9.17, 15) is 4.79 Å². The summed E-state index contributed by atoms with van der Waals surface area (Å²) in [6.07, 6.45) is 3.63. The molecule has 1 aromatic carbocycles. The third kappa shape index (κ3) is 2.02. The van der Waals surface area contributed by atoms with E-state index in [1.807, 2.05) is 47.3 Å². The maximum atomic E-state index is 10.9. The lowest BCUT2D eigenvalue weighted by molar-refractivity contribution is -0.595. The van der Waals surface area contributed by atoms with Gasteiger partial charge in [-0.3, -0.25) is 4.79 Å². The summed E-state index contributed by atoms with van der Waals surface area (Å²) in [5.74, 6) is -0.407. The third-order valence-corrected chi connectivity index (χ3v) is 2.17. The van der Waals surface area contributed by atoms with Crippen molar-refractivity contribution >= 4 is 5.91 Å². The largest absolute Gasteiger partial charge is 0.366 e. The molecule has 0 aliphatic rings. The molecule has 0 fully saturated rings. The van der Waals surface area contributed by atoms with E-state index >= 15 is 0 Å². The maximum Gasteiger partial charge on any atom is 0.249 e. The predicted molar refractivity (Wildman–Crippen MR) is 56.5 cm³/mol. The van der Waals surface area contributed by atoms with Crippen molar-refractivity contribution in [3.8, 4) is 5.69 Å². The minimum absolute atomic E-state index is 0.407. The van der Waals surface area contributed by atoms with E-state index in [1.54, 1.807) is 12.1 Å². The first-order valence-electron chi connectivity index (χ1n) is 4.64. The van der Waals surface area contributed by atoms with Crippen LogP contribution in [0.4, 0.5) is 0 Å². The van der Waals surface area contributed by atoms with Gasteiger partial charge in [-0.2, -0.15) is 4.57 Å². The number of aromatic nitrogens is 1. The highest BCUT2D eigenvalue weighted by atomic mass is 16.1. The van der Waals surface area contributed by atoms with Crippen LogP contribution in [0.1, 0.15) is 10.4 Å². The molecule has 1 heterocycles. The van der Waals surface area contributed by atoms with Crippen molar-refractivity contribution in [3.05, 3.63) is 60.4 Å². The van der Waals surface area contributed by atoms with Crippen LogP contribution in [0.25, 0.3) is 5.69 Å². The number of nitrogens with zero attached hydrogens (tertiary/aromatic N) is 1. The number of benzene rings is 1. The minimum atomic E-state index is -0.407. The Morgan fingerprint density at radius 2 is 1.60 bits per heavy atom. The van der Waals surface area contributed by atoms with Crippen LogP contribution in [0.5, 0.6) is 0 Å². The SMILES string of the molecule is NC(=O)c1cc[n+](-c2ccccc2)cc1. The number of nitrogens with two attached hydrogens (primary N) is 1. The normalized spacial score (nSPS) is 9.87. The zero-order valence-corrected chi connectivity index (χ0v) is 8.13. The molecule has 0 radical (unpaired) electrons. The van der Waals surface area contributed by atoms with Crippen molar-refractivity contribution in [1.29, 1.82) is 0 Å². The summed E-state index contributed by atoms with van der Waals surface area (Å²) in [5.41, 5.74) is 6.72. The molecule has 2 aromatic rings. The lowest BCUT2D eigenvalue weighted by atomic mass is 10.2. The zero-order chi connectivity index (χ0) is 10.7. The predicted octanol–water partition coefficient (Wildman–Crippen LogP) is 1.06. The van der Waals surface area contributed by atoms with Gasteiger partial charge < -0.3 is 5.73 Å². The number of pyridine rings is 1. The number of para-hydroxylation sites is 1. The number of carbonyl (C=O) groups excluding carboxylic acids is 1. The molecule has 74 valence electrons. The second-order valence-corrected chi connectivity index (χ2v) is 3.19. The highest BCUT2D eigenvalue weighted by Gasteiger charge is 2.06. The molecule has 3 heteroatoms. The maximum absolute atomic E-state index is 10.9. The summed E-state index contributed by atoms with van der Waals surface area (Å²) >= 11 is 0. The van der Waals surface area contributed by atoms with Crippen molar-refractivity contribution in [2.45, 2.75) is 0 Å². The first kappa shape index (κ1) is 9.40. The van der Waals surface area contributed by atoms with Gasteiger partial charge in [0.25, 0.3) is 0 Å². The number of rotatable bonds is 2. The Bertz CT molecular complexity index is 463. The van der Waals surface area contributed by atoms with Gasteiger partial charge in [0, 0.05) is 24.3 Å². The van der Waals surface area contributed by atoms with Gasteiger partial charge in [0.1, 0.15) is 0 Å². The van der Waals surface area contributed by atoms with E-state index < -0.39 is 5.91 Å². The molecule has 0 unspecified atom stereocenters. The molecule has 2 N–H and O–H groups in total. The molecular formula is C12H11N2O+. The van der Waals surface area contributed by atoms with Crippen molar-refractivity contribution in [1.82, 2.24) is 0 Å². The molecular weight excluding hydrogens is 188 g/mol. The molecule has 0 aliphatic carbocycles. The standard InChI is InChI=1S/C12H10N2O/c13-12(15)10-6-8-14(9-7-10)11-4-2-1-3-5-11/h1-9H,(H-,13,15)/p+1. The molecule has 0 saturated heterocycles. The second-order valence-electron chi connectivity index (χ2n) is 3.19. The second kappa shape index (κ2) is 3.92. The van der Waals surface area contributed by atoms with E-state index in [1.165, 1.54) is 0 Å². The molecule has 0 bridgehead atoms. The lowest BCUT2D eigenvalue weighted by Crippen LogP contribution is -2.29. The molecule has 2 rings (SSSR count). The van der Waals surface area contributed by atoms with Crippen LogP contribution in [-0.4, -0.2) is 5.91 Å². The van der Waals surface area contributed by atoms with E-state index in [4.69, 9.17) is 5.73 Å². The summed E-state index contributed by atoms with van der Waals surface area (Å²) in [4.78, 5) is 10.9. The topological polar surface area (TPSA) is 47.0 Å².